The van der Waals surface area contributed by atoms with Gasteiger partial charge in [0.25, 0.3) is 0 Å². The van der Waals surface area contributed by atoms with Crippen LogP contribution in [-0.2, 0) is 6.54 Å². The molecular weight excluding hydrogens is 238 g/mol. The van der Waals surface area contributed by atoms with Crippen LogP contribution in [-0.4, -0.2) is 26.1 Å². The molecule has 0 aliphatic heterocycles. The molecule has 0 aliphatic carbocycles. The molecule has 0 saturated carbocycles. The zero-order chi connectivity index (χ0) is 13.7. The van der Waals surface area contributed by atoms with Crippen LogP contribution in [0, 0.1) is 0 Å². The average molecular weight is 257 g/mol. The molecule has 0 unspecified atom stereocenters. The number of pyridine rings is 1. The van der Waals surface area contributed by atoms with Crippen LogP contribution >= 0.6 is 0 Å². The third-order valence-electron chi connectivity index (χ3n) is 2.70. The summed E-state index contributed by atoms with van der Waals surface area (Å²) in [5.41, 5.74) is 2.06. The van der Waals surface area contributed by atoms with Gasteiger partial charge in [0.1, 0.15) is 5.75 Å². The molecule has 0 spiro atoms. The van der Waals surface area contributed by atoms with Gasteiger partial charge in [0, 0.05) is 38.5 Å². The summed E-state index contributed by atoms with van der Waals surface area (Å²) in [7, 11) is 5.91. The Morgan fingerprint density at radius 2 is 1.95 bits per heavy atom. The summed E-state index contributed by atoms with van der Waals surface area (Å²) in [5.74, 6) is 1.41. The van der Waals surface area contributed by atoms with Gasteiger partial charge in [-0.15, -0.1) is 0 Å². The fourth-order valence-corrected chi connectivity index (χ4v) is 1.74. The molecule has 19 heavy (non-hydrogen) atoms. The predicted octanol–water partition coefficient (Wildman–Crippen LogP) is 2.66. The van der Waals surface area contributed by atoms with Gasteiger partial charge in [0.2, 0.25) is 5.88 Å². The highest BCUT2D eigenvalue weighted by Gasteiger charge is 2.02. The Bertz CT molecular complexity index is 540. The first-order valence-corrected chi connectivity index (χ1v) is 6.25. The molecule has 0 aliphatic rings. The van der Waals surface area contributed by atoms with Crippen molar-refractivity contribution in [1.29, 1.82) is 0 Å². The van der Waals surface area contributed by atoms with Crippen LogP contribution in [0.15, 0.2) is 42.5 Å². The molecule has 4 heteroatoms. The number of rotatable bonds is 5. The molecule has 1 aromatic heterocycles. The lowest BCUT2D eigenvalue weighted by Gasteiger charge is -2.13. The van der Waals surface area contributed by atoms with Crippen molar-refractivity contribution in [2.75, 3.05) is 26.0 Å². The maximum atomic E-state index is 5.79. The largest absolute Gasteiger partial charge is 0.439 e. The highest BCUT2D eigenvalue weighted by molar-refractivity contribution is 5.50. The van der Waals surface area contributed by atoms with Crippen molar-refractivity contribution in [1.82, 2.24) is 10.3 Å². The molecule has 0 atom stereocenters. The minimum Gasteiger partial charge on any atom is -0.439 e. The first-order chi connectivity index (χ1) is 9.19. The van der Waals surface area contributed by atoms with Crippen molar-refractivity contribution in [2.24, 2.45) is 0 Å². The summed E-state index contributed by atoms with van der Waals surface area (Å²) in [6.45, 7) is 0.731. The maximum absolute atomic E-state index is 5.79. The first-order valence-electron chi connectivity index (χ1n) is 6.25. The third-order valence-corrected chi connectivity index (χ3v) is 2.70. The van der Waals surface area contributed by atoms with Gasteiger partial charge in [-0.3, -0.25) is 0 Å². The van der Waals surface area contributed by atoms with E-state index in [9.17, 15) is 0 Å². The van der Waals surface area contributed by atoms with Crippen LogP contribution < -0.4 is 15.0 Å². The number of hydrogen-bond donors (Lipinski definition) is 1. The second kappa shape index (κ2) is 6.20. The Hall–Kier alpha value is -2.07. The summed E-state index contributed by atoms with van der Waals surface area (Å²) in [4.78, 5) is 6.47. The molecular formula is C15H19N3O. The number of ether oxygens (including phenoxy) is 1. The van der Waals surface area contributed by atoms with Gasteiger partial charge < -0.3 is 15.0 Å². The van der Waals surface area contributed by atoms with Gasteiger partial charge in [-0.05, 0) is 25.2 Å². The van der Waals surface area contributed by atoms with Crippen molar-refractivity contribution < 1.29 is 4.74 Å². The molecule has 0 saturated heterocycles. The van der Waals surface area contributed by atoms with Crippen LogP contribution in [0.3, 0.4) is 0 Å². The van der Waals surface area contributed by atoms with E-state index < -0.39 is 0 Å². The van der Waals surface area contributed by atoms with Crippen molar-refractivity contribution in [3.63, 3.8) is 0 Å². The van der Waals surface area contributed by atoms with E-state index in [0.717, 1.165) is 23.7 Å². The van der Waals surface area contributed by atoms with E-state index in [1.807, 2.05) is 68.5 Å². The van der Waals surface area contributed by atoms with Crippen molar-refractivity contribution in [2.45, 2.75) is 6.54 Å². The van der Waals surface area contributed by atoms with Gasteiger partial charge >= 0.3 is 0 Å². The first kappa shape index (κ1) is 13.4. The monoisotopic (exact) mass is 257 g/mol. The minimum absolute atomic E-state index is 0.614. The molecule has 0 fully saturated rings. The van der Waals surface area contributed by atoms with E-state index in [1.54, 1.807) is 0 Å². The fourth-order valence-electron chi connectivity index (χ4n) is 1.74. The van der Waals surface area contributed by atoms with Gasteiger partial charge in [-0.2, -0.15) is 0 Å². The average Bonchev–Trinajstić information content (AvgIpc) is 2.40. The lowest BCUT2D eigenvalue weighted by molar-refractivity contribution is 0.460. The summed E-state index contributed by atoms with van der Waals surface area (Å²) in [6.07, 6.45) is 0. The Morgan fingerprint density at radius 3 is 2.68 bits per heavy atom. The summed E-state index contributed by atoms with van der Waals surface area (Å²) < 4.78 is 5.79. The molecule has 0 bridgehead atoms. The number of anilines is 1. The van der Waals surface area contributed by atoms with Crippen molar-refractivity contribution in [3.8, 4) is 11.6 Å². The summed E-state index contributed by atoms with van der Waals surface area (Å²) in [5, 5.41) is 3.07. The Kier molecular flexibility index (Phi) is 4.36. The van der Waals surface area contributed by atoms with Gasteiger partial charge in [0.05, 0.1) is 5.69 Å². The standard InChI is InChI=1S/C15H19N3O/c1-16-11-12-6-4-9-15(17-12)19-14-8-5-7-13(10-14)18(2)3/h4-10,16H,11H2,1-3H3. The summed E-state index contributed by atoms with van der Waals surface area (Å²) in [6, 6.07) is 13.7. The van der Waals surface area contributed by atoms with Crippen LogP contribution in [0.5, 0.6) is 11.6 Å². The van der Waals surface area contributed by atoms with Gasteiger partial charge in [-0.1, -0.05) is 12.1 Å². The smallest absolute Gasteiger partial charge is 0.219 e. The second-order valence-electron chi connectivity index (χ2n) is 4.49. The van der Waals surface area contributed by atoms with Crippen molar-refractivity contribution >= 4 is 5.69 Å². The number of nitrogens with zero attached hydrogens (tertiary/aromatic N) is 2. The van der Waals surface area contributed by atoms with Crippen molar-refractivity contribution in [3.05, 3.63) is 48.2 Å². The number of nitrogens with one attached hydrogen (secondary N) is 1. The highest BCUT2D eigenvalue weighted by atomic mass is 16.5. The van der Waals surface area contributed by atoms with Crippen LogP contribution in [0.1, 0.15) is 5.69 Å². The lowest BCUT2D eigenvalue weighted by atomic mass is 10.3. The zero-order valence-corrected chi connectivity index (χ0v) is 11.6. The molecule has 100 valence electrons. The third kappa shape index (κ3) is 3.69. The van der Waals surface area contributed by atoms with Gasteiger partial charge in [-0.25, -0.2) is 4.98 Å². The topological polar surface area (TPSA) is 37.4 Å². The normalized spacial score (nSPS) is 10.3. The van der Waals surface area contributed by atoms with E-state index in [-0.39, 0.29) is 0 Å². The Balaban J connectivity index is 2.16. The molecule has 0 amide bonds. The van der Waals surface area contributed by atoms with E-state index in [4.69, 9.17) is 4.74 Å². The lowest BCUT2D eigenvalue weighted by Crippen LogP contribution is -2.08. The van der Waals surface area contributed by atoms with Gasteiger partial charge in [0.15, 0.2) is 0 Å². The highest BCUT2D eigenvalue weighted by Crippen LogP contribution is 2.24. The Morgan fingerprint density at radius 1 is 1.16 bits per heavy atom. The minimum atomic E-state index is 0.614. The summed E-state index contributed by atoms with van der Waals surface area (Å²) >= 11 is 0. The second-order valence-corrected chi connectivity index (χ2v) is 4.49. The molecule has 4 nitrogen and oxygen atoms in total. The molecule has 0 radical (unpaired) electrons. The number of aromatic nitrogens is 1. The van der Waals surface area contributed by atoms with Crippen LogP contribution in [0.2, 0.25) is 0 Å². The Labute approximate surface area is 114 Å². The number of hydrogen-bond acceptors (Lipinski definition) is 4. The van der Waals surface area contributed by atoms with E-state index in [1.165, 1.54) is 0 Å². The molecule has 1 aromatic carbocycles. The molecule has 1 heterocycles. The van der Waals surface area contributed by atoms with Crippen LogP contribution in [0.25, 0.3) is 0 Å². The number of benzene rings is 1. The van der Waals surface area contributed by atoms with E-state index in [0.29, 0.717) is 5.88 Å². The van der Waals surface area contributed by atoms with E-state index in [2.05, 4.69) is 10.3 Å². The predicted molar refractivity (Wildman–Crippen MR) is 77.8 cm³/mol. The molecule has 2 aromatic rings. The molecule has 1 N–H and O–H groups in total. The van der Waals surface area contributed by atoms with E-state index >= 15 is 0 Å². The van der Waals surface area contributed by atoms with Crippen LogP contribution in [0.4, 0.5) is 5.69 Å². The SMILES string of the molecule is CNCc1cccc(Oc2cccc(N(C)C)c2)n1. The molecule has 2 rings (SSSR count). The zero-order valence-electron chi connectivity index (χ0n) is 11.6. The maximum Gasteiger partial charge on any atom is 0.219 e. The fraction of sp³-hybridized carbons (Fsp3) is 0.267. The quantitative estimate of drug-likeness (QED) is 0.893.